The van der Waals surface area contributed by atoms with Crippen molar-refractivity contribution in [2.75, 3.05) is 19.4 Å². The first-order valence-electron chi connectivity index (χ1n) is 9.37. The summed E-state index contributed by atoms with van der Waals surface area (Å²) < 4.78 is 27.4. The molecule has 0 bridgehead atoms. The van der Waals surface area contributed by atoms with Crippen LogP contribution in [-0.4, -0.2) is 37.4 Å². The van der Waals surface area contributed by atoms with E-state index in [1.54, 1.807) is 24.4 Å². The van der Waals surface area contributed by atoms with Crippen LogP contribution >= 0.6 is 0 Å². The molecule has 4 rings (SSSR count). The zero-order chi connectivity index (χ0) is 21.3. The molecule has 0 aliphatic carbocycles. The molecule has 0 fully saturated rings. The molecule has 4 aromatic rings. The van der Waals surface area contributed by atoms with E-state index in [2.05, 4.69) is 5.32 Å². The number of carbonyl (C=O) groups excluding carboxylic acids is 1. The maximum Gasteiger partial charge on any atom is 0.330 e. The molecular formula is C23H21N3O3S. The van der Waals surface area contributed by atoms with E-state index in [9.17, 15) is 13.2 Å². The molecule has 1 aromatic heterocycles. The number of hydrogen-bond donors (Lipinski definition) is 1. The number of rotatable bonds is 4. The number of nitrogens with one attached hydrogen (secondary N) is 1. The summed E-state index contributed by atoms with van der Waals surface area (Å²) in [5, 5.41) is 3.64. The maximum atomic E-state index is 12.8. The first-order valence-corrected chi connectivity index (χ1v) is 10.8. The van der Waals surface area contributed by atoms with E-state index in [0.717, 1.165) is 20.8 Å². The van der Waals surface area contributed by atoms with Crippen LogP contribution in [0.3, 0.4) is 0 Å². The number of anilines is 1. The molecule has 0 saturated carbocycles. The third-order valence-corrected chi connectivity index (χ3v) is 6.72. The highest BCUT2D eigenvalue weighted by Crippen LogP contribution is 2.24. The SMILES string of the molecule is CN(C)S(=O)(=O)c1ccc2ccn(C(=O)Nc3ccc(-c4ccccc4)cc3)c2c1. The fraction of sp³-hybridized carbons (Fsp3) is 0.0870. The predicted octanol–water partition coefficient (Wildman–Crippen LogP) is 4.64. The van der Waals surface area contributed by atoms with Gasteiger partial charge in [-0.15, -0.1) is 0 Å². The summed E-state index contributed by atoms with van der Waals surface area (Å²) >= 11 is 0. The molecule has 3 aromatic carbocycles. The van der Waals surface area contributed by atoms with Gasteiger partial charge in [-0.3, -0.25) is 4.57 Å². The minimum Gasteiger partial charge on any atom is -0.307 e. The molecule has 7 heteroatoms. The van der Waals surface area contributed by atoms with Gasteiger partial charge in [0.15, 0.2) is 0 Å². The number of fused-ring (bicyclic) bond motifs is 1. The minimum atomic E-state index is -3.59. The average molecular weight is 420 g/mol. The summed E-state index contributed by atoms with van der Waals surface area (Å²) in [4.78, 5) is 13.0. The van der Waals surface area contributed by atoms with Gasteiger partial charge in [0.05, 0.1) is 10.4 Å². The van der Waals surface area contributed by atoms with Crippen molar-refractivity contribution in [3.05, 3.63) is 85.1 Å². The highest BCUT2D eigenvalue weighted by molar-refractivity contribution is 7.89. The van der Waals surface area contributed by atoms with Gasteiger partial charge in [0.2, 0.25) is 10.0 Å². The van der Waals surface area contributed by atoms with Crippen molar-refractivity contribution in [3.8, 4) is 11.1 Å². The van der Waals surface area contributed by atoms with Gasteiger partial charge in [0.25, 0.3) is 0 Å². The summed E-state index contributed by atoms with van der Waals surface area (Å²) in [6.07, 6.45) is 1.63. The fourth-order valence-corrected chi connectivity index (χ4v) is 4.14. The molecule has 0 atom stereocenters. The second-order valence-electron chi connectivity index (χ2n) is 7.07. The Balaban J connectivity index is 1.60. The summed E-state index contributed by atoms with van der Waals surface area (Å²) in [5.41, 5.74) is 3.33. The van der Waals surface area contributed by atoms with Gasteiger partial charge in [-0.2, -0.15) is 0 Å². The Labute approximate surface area is 175 Å². The fourth-order valence-electron chi connectivity index (χ4n) is 3.22. The lowest BCUT2D eigenvalue weighted by Crippen LogP contribution is -2.22. The monoisotopic (exact) mass is 419 g/mol. The topological polar surface area (TPSA) is 71.4 Å². The van der Waals surface area contributed by atoms with Gasteiger partial charge in [-0.1, -0.05) is 48.5 Å². The first kappa shape index (κ1) is 19.9. The number of benzene rings is 3. The van der Waals surface area contributed by atoms with Crippen molar-refractivity contribution in [2.24, 2.45) is 0 Å². The molecule has 6 nitrogen and oxygen atoms in total. The van der Waals surface area contributed by atoms with E-state index < -0.39 is 10.0 Å². The van der Waals surface area contributed by atoms with Gasteiger partial charge < -0.3 is 5.32 Å². The molecule has 1 heterocycles. The van der Waals surface area contributed by atoms with E-state index in [-0.39, 0.29) is 10.9 Å². The second kappa shape index (κ2) is 7.78. The lowest BCUT2D eigenvalue weighted by Gasteiger charge is -2.12. The van der Waals surface area contributed by atoms with Gasteiger partial charge >= 0.3 is 6.03 Å². The van der Waals surface area contributed by atoms with Gasteiger partial charge in [-0.05, 0) is 41.5 Å². The molecular weight excluding hydrogens is 398 g/mol. The largest absolute Gasteiger partial charge is 0.330 e. The van der Waals surface area contributed by atoms with E-state index in [4.69, 9.17) is 0 Å². The van der Waals surface area contributed by atoms with Crippen LogP contribution in [0, 0.1) is 0 Å². The van der Waals surface area contributed by atoms with Crippen molar-refractivity contribution in [1.29, 1.82) is 0 Å². The Morgan fingerprint density at radius 1 is 0.867 bits per heavy atom. The van der Waals surface area contributed by atoms with Crippen LogP contribution in [0.4, 0.5) is 10.5 Å². The zero-order valence-corrected chi connectivity index (χ0v) is 17.4. The Morgan fingerprint density at radius 3 is 2.20 bits per heavy atom. The van der Waals surface area contributed by atoms with Crippen molar-refractivity contribution < 1.29 is 13.2 Å². The molecule has 1 N–H and O–H groups in total. The number of aromatic nitrogens is 1. The predicted molar refractivity (Wildman–Crippen MR) is 119 cm³/mol. The third-order valence-electron chi connectivity index (χ3n) is 4.91. The second-order valence-corrected chi connectivity index (χ2v) is 9.22. The molecule has 0 radical (unpaired) electrons. The van der Waals surface area contributed by atoms with E-state index in [0.29, 0.717) is 11.2 Å². The summed E-state index contributed by atoms with van der Waals surface area (Å²) in [6, 6.07) is 23.7. The minimum absolute atomic E-state index is 0.139. The zero-order valence-electron chi connectivity index (χ0n) is 16.6. The highest BCUT2D eigenvalue weighted by atomic mass is 32.2. The van der Waals surface area contributed by atoms with Crippen molar-refractivity contribution in [1.82, 2.24) is 8.87 Å². The van der Waals surface area contributed by atoms with Crippen LogP contribution in [0.25, 0.3) is 22.0 Å². The first-order chi connectivity index (χ1) is 14.4. The number of nitrogens with zero attached hydrogens (tertiary/aromatic N) is 2. The van der Waals surface area contributed by atoms with Crippen LogP contribution < -0.4 is 5.32 Å². The van der Waals surface area contributed by atoms with Crippen molar-refractivity contribution in [2.45, 2.75) is 4.90 Å². The van der Waals surface area contributed by atoms with Gasteiger partial charge in [-0.25, -0.2) is 17.5 Å². The Morgan fingerprint density at radius 2 is 1.53 bits per heavy atom. The molecule has 0 saturated heterocycles. The normalized spacial score (nSPS) is 11.7. The van der Waals surface area contributed by atoms with E-state index in [1.165, 1.54) is 24.7 Å². The number of sulfonamides is 1. The Hall–Kier alpha value is -3.42. The van der Waals surface area contributed by atoms with Crippen LogP contribution in [0.1, 0.15) is 0 Å². The summed E-state index contributed by atoms with van der Waals surface area (Å²) in [7, 11) is -0.637. The number of amides is 1. The van der Waals surface area contributed by atoms with Crippen LogP contribution in [0.5, 0.6) is 0 Å². The molecule has 0 spiro atoms. The van der Waals surface area contributed by atoms with Crippen LogP contribution in [0.15, 0.2) is 90.0 Å². The number of hydrogen-bond acceptors (Lipinski definition) is 3. The quantitative estimate of drug-likeness (QED) is 0.524. The molecule has 152 valence electrons. The molecule has 30 heavy (non-hydrogen) atoms. The van der Waals surface area contributed by atoms with Crippen molar-refractivity contribution in [3.63, 3.8) is 0 Å². The smallest absolute Gasteiger partial charge is 0.307 e. The third kappa shape index (κ3) is 3.72. The summed E-state index contributed by atoms with van der Waals surface area (Å²) in [6.45, 7) is 0. The Kier molecular flexibility index (Phi) is 5.15. The molecule has 1 amide bonds. The van der Waals surface area contributed by atoms with Crippen molar-refractivity contribution >= 4 is 32.6 Å². The lowest BCUT2D eigenvalue weighted by molar-refractivity contribution is 0.254. The lowest BCUT2D eigenvalue weighted by atomic mass is 10.1. The molecule has 0 aliphatic rings. The van der Waals surface area contributed by atoms with Gasteiger partial charge in [0.1, 0.15) is 0 Å². The molecule has 0 unspecified atom stereocenters. The van der Waals surface area contributed by atoms with E-state index >= 15 is 0 Å². The van der Waals surface area contributed by atoms with Crippen LogP contribution in [0.2, 0.25) is 0 Å². The van der Waals surface area contributed by atoms with Gasteiger partial charge in [0, 0.05) is 31.4 Å². The molecule has 0 aliphatic heterocycles. The highest BCUT2D eigenvalue weighted by Gasteiger charge is 2.19. The van der Waals surface area contributed by atoms with Crippen LogP contribution in [-0.2, 0) is 10.0 Å². The Bertz CT molecular complexity index is 1310. The average Bonchev–Trinajstić information content (AvgIpc) is 3.18. The standard InChI is InChI=1S/C23H21N3O3S/c1-25(2)30(28,29)21-13-10-19-14-15-26(22(19)16-21)23(27)24-20-11-8-18(9-12-20)17-6-4-3-5-7-17/h3-16H,1-2H3,(H,24,27). The van der Waals surface area contributed by atoms with E-state index in [1.807, 2.05) is 54.6 Å². The maximum absolute atomic E-state index is 12.8. The number of carbonyl (C=O) groups is 1. The summed E-state index contributed by atoms with van der Waals surface area (Å²) in [5.74, 6) is 0.